The second-order valence-corrected chi connectivity index (χ2v) is 15.8. The van der Waals surface area contributed by atoms with Gasteiger partial charge < -0.3 is 30.3 Å². The number of piperidine rings is 1. The topological polar surface area (TPSA) is 101 Å². The van der Waals surface area contributed by atoms with Crippen LogP contribution in [-0.2, 0) is 4.79 Å². The number of carbonyl (C=O) groups excluding carboxylic acids is 3. The van der Waals surface area contributed by atoms with Crippen molar-refractivity contribution in [2.75, 3.05) is 36.9 Å². The monoisotopic (exact) mass is 838 g/mol. The van der Waals surface area contributed by atoms with E-state index in [1.54, 1.807) is 56.6 Å². The molecule has 1 aliphatic rings. The molecular weight excluding hydrogens is 791 g/mol. The molecule has 5 aromatic rings. The molecule has 302 valence electrons. The first kappa shape index (κ1) is 42.4. The summed E-state index contributed by atoms with van der Waals surface area (Å²) in [6, 6.07) is 26.0. The zero-order valence-electron chi connectivity index (χ0n) is 33.5. The van der Waals surface area contributed by atoms with Gasteiger partial charge in [-0.1, -0.05) is 90.8 Å². The molecule has 9 nitrogen and oxygen atoms in total. The summed E-state index contributed by atoms with van der Waals surface area (Å²) in [5.74, 6) is -0.619. The number of nitrogens with zero attached hydrogens (tertiary/aromatic N) is 3. The molecule has 1 saturated heterocycles. The third-order valence-corrected chi connectivity index (χ3v) is 11.7. The van der Waals surface area contributed by atoms with Crippen LogP contribution in [0.15, 0.2) is 97.7 Å². The SMILES string of the molecule is C=CN(/C(=C(\C)c1ccccc1)c1c(C(=O)Nc2cc(C(=O)NC)ccc2N2CCC(N(CCC)C(C)=O)CC2)[nH]c2cc(Cl)ccc12)C(C)c1ccc(Cl)cc1Cl. The fourth-order valence-corrected chi connectivity index (χ4v) is 8.73. The van der Waals surface area contributed by atoms with Crippen molar-refractivity contribution in [1.29, 1.82) is 0 Å². The predicted molar refractivity (Wildman–Crippen MR) is 240 cm³/mol. The van der Waals surface area contributed by atoms with Crippen LogP contribution in [0.5, 0.6) is 0 Å². The van der Waals surface area contributed by atoms with Crippen LogP contribution >= 0.6 is 34.8 Å². The highest BCUT2D eigenvalue weighted by atomic mass is 35.5. The van der Waals surface area contributed by atoms with Crippen molar-refractivity contribution < 1.29 is 14.4 Å². The van der Waals surface area contributed by atoms with Crippen molar-refractivity contribution in [3.05, 3.63) is 141 Å². The van der Waals surface area contributed by atoms with E-state index in [-0.39, 0.29) is 29.6 Å². The van der Waals surface area contributed by atoms with E-state index in [9.17, 15) is 9.59 Å². The van der Waals surface area contributed by atoms with E-state index in [0.717, 1.165) is 59.3 Å². The zero-order chi connectivity index (χ0) is 41.7. The van der Waals surface area contributed by atoms with Gasteiger partial charge in [-0.05, 0) is 98.5 Å². The number of nitrogens with one attached hydrogen (secondary N) is 3. The largest absolute Gasteiger partial charge is 0.370 e. The van der Waals surface area contributed by atoms with Gasteiger partial charge in [-0.3, -0.25) is 14.4 Å². The molecule has 3 amide bonds. The molecule has 1 aromatic heterocycles. The molecule has 1 fully saturated rings. The maximum absolute atomic E-state index is 15.0. The van der Waals surface area contributed by atoms with Crippen LogP contribution in [0, 0.1) is 0 Å². The van der Waals surface area contributed by atoms with Crippen LogP contribution in [0.25, 0.3) is 22.2 Å². The Bertz CT molecular complexity index is 2370. The van der Waals surface area contributed by atoms with Crippen molar-refractivity contribution in [3.63, 3.8) is 0 Å². The number of aromatic amines is 1. The van der Waals surface area contributed by atoms with E-state index in [1.807, 2.05) is 72.2 Å². The van der Waals surface area contributed by atoms with Crippen LogP contribution in [0.2, 0.25) is 15.1 Å². The van der Waals surface area contributed by atoms with Crippen molar-refractivity contribution in [2.45, 2.75) is 59.0 Å². The number of carbonyl (C=O) groups is 3. The predicted octanol–water partition coefficient (Wildman–Crippen LogP) is 11.1. The van der Waals surface area contributed by atoms with Gasteiger partial charge in [-0.15, -0.1) is 0 Å². The van der Waals surface area contributed by atoms with Crippen LogP contribution in [0.3, 0.4) is 0 Å². The number of allylic oxidation sites excluding steroid dienone is 1. The summed E-state index contributed by atoms with van der Waals surface area (Å²) in [4.78, 5) is 50.1. The Kier molecular flexibility index (Phi) is 13.6. The highest BCUT2D eigenvalue weighted by molar-refractivity contribution is 6.35. The smallest absolute Gasteiger partial charge is 0.272 e. The molecular formula is C46H49Cl3N6O3. The lowest BCUT2D eigenvalue weighted by molar-refractivity contribution is -0.131. The van der Waals surface area contributed by atoms with E-state index in [4.69, 9.17) is 34.8 Å². The lowest BCUT2D eigenvalue weighted by Crippen LogP contribution is -2.47. The summed E-state index contributed by atoms with van der Waals surface area (Å²) in [6.45, 7) is 14.1. The summed E-state index contributed by atoms with van der Waals surface area (Å²) >= 11 is 19.7. The number of H-pyrrole nitrogens is 1. The van der Waals surface area contributed by atoms with Gasteiger partial charge in [0.25, 0.3) is 11.8 Å². The van der Waals surface area contributed by atoms with Gasteiger partial charge in [0.05, 0.1) is 23.1 Å². The summed E-state index contributed by atoms with van der Waals surface area (Å²) in [7, 11) is 1.57. The van der Waals surface area contributed by atoms with Crippen molar-refractivity contribution in [2.24, 2.45) is 0 Å². The molecule has 6 rings (SSSR count). The van der Waals surface area contributed by atoms with Gasteiger partial charge in [0.15, 0.2) is 0 Å². The van der Waals surface area contributed by atoms with E-state index in [0.29, 0.717) is 50.5 Å². The van der Waals surface area contributed by atoms with Crippen LogP contribution in [-0.4, -0.2) is 65.2 Å². The van der Waals surface area contributed by atoms with Gasteiger partial charge in [0.1, 0.15) is 5.69 Å². The summed E-state index contributed by atoms with van der Waals surface area (Å²) in [5.41, 5.74) is 6.61. The molecule has 4 aromatic carbocycles. The maximum atomic E-state index is 15.0. The standard InChI is InChI=1S/C46H49Cl3N6O3/c1-7-22-55(30(5)56)35-20-23-53(24-21-35)41-19-14-32(45(57)50-6)25-40(41)52-46(58)43-42(37-18-16-34(48)27-39(37)51-43)44(28(3)31-12-10-9-11-13-31)54(8-2)29(4)36-17-15-33(47)26-38(36)49/h8-19,25-27,29,35,51H,2,7,20-24H2,1,3-6H3,(H,50,57)(H,52,58)/b44-28+. The molecule has 58 heavy (non-hydrogen) atoms. The van der Waals surface area contributed by atoms with Gasteiger partial charge >= 0.3 is 0 Å². The molecule has 1 atom stereocenters. The normalized spacial score (nSPS) is 14.1. The van der Waals surface area contributed by atoms with Crippen molar-refractivity contribution in [1.82, 2.24) is 20.1 Å². The summed E-state index contributed by atoms with van der Waals surface area (Å²) in [6.07, 6.45) is 4.18. The molecule has 1 aliphatic heterocycles. The highest BCUT2D eigenvalue weighted by Crippen LogP contribution is 2.43. The van der Waals surface area contributed by atoms with E-state index >= 15 is 4.79 Å². The lowest BCUT2D eigenvalue weighted by atomic mass is 9.95. The van der Waals surface area contributed by atoms with Gasteiger partial charge in [-0.2, -0.15) is 0 Å². The molecule has 12 heteroatoms. The first-order valence-electron chi connectivity index (χ1n) is 19.5. The number of anilines is 2. The first-order chi connectivity index (χ1) is 27.9. The Morgan fingerprint density at radius 3 is 2.24 bits per heavy atom. The van der Waals surface area contributed by atoms with Crippen molar-refractivity contribution >= 4 is 86.1 Å². The number of amides is 3. The zero-order valence-corrected chi connectivity index (χ0v) is 35.7. The van der Waals surface area contributed by atoms with Crippen molar-refractivity contribution in [3.8, 4) is 0 Å². The average molecular weight is 840 g/mol. The minimum absolute atomic E-state index is 0.0789. The number of hydrogen-bond acceptors (Lipinski definition) is 5. The Morgan fingerprint density at radius 2 is 1.60 bits per heavy atom. The minimum atomic E-state index is -0.419. The molecule has 0 aliphatic carbocycles. The Balaban J connectivity index is 1.49. The van der Waals surface area contributed by atoms with Crippen LogP contribution in [0.4, 0.5) is 11.4 Å². The molecule has 0 spiro atoms. The quantitative estimate of drug-likeness (QED) is 0.110. The minimum Gasteiger partial charge on any atom is -0.370 e. The highest BCUT2D eigenvalue weighted by Gasteiger charge is 2.31. The van der Waals surface area contributed by atoms with E-state index < -0.39 is 5.91 Å². The molecule has 1 unspecified atom stereocenters. The third-order valence-electron chi connectivity index (χ3n) is 10.9. The van der Waals surface area contributed by atoms with Crippen LogP contribution in [0.1, 0.15) is 90.5 Å². The van der Waals surface area contributed by atoms with E-state index in [1.165, 1.54) is 0 Å². The third kappa shape index (κ3) is 8.92. The van der Waals surface area contributed by atoms with Gasteiger partial charge in [-0.25, -0.2) is 0 Å². The molecule has 0 saturated carbocycles. The number of aromatic nitrogens is 1. The molecule has 3 N–H and O–H groups in total. The Hall–Kier alpha value is -5.22. The Morgan fingerprint density at radius 1 is 0.914 bits per heavy atom. The number of fused-ring (bicyclic) bond motifs is 1. The van der Waals surface area contributed by atoms with E-state index in [2.05, 4.69) is 34.0 Å². The maximum Gasteiger partial charge on any atom is 0.272 e. The fraction of sp³-hybridized carbons (Fsp3) is 0.283. The number of rotatable bonds is 13. The Labute approximate surface area is 355 Å². The second-order valence-electron chi connectivity index (χ2n) is 14.5. The molecule has 0 radical (unpaired) electrons. The summed E-state index contributed by atoms with van der Waals surface area (Å²) in [5, 5.41) is 8.20. The fourth-order valence-electron chi connectivity index (χ4n) is 7.99. The number of halogens is 3. The first-order valence-corrected chi connectivity index (χ1v) is 20.6. The molecule has 0 bridgehead atoms. The van der Waals surface area contributed by atoms with Crippen LogP contribution < -0.4 is 15.5 Å². The summed E-state index contributed by atoms with van der Waals surface area (Å²) < 4.78 is 0. The number of hydrogen-bond donors (Lipinski definition) is 3. The second kappa shape index (κ2) is 18.6. The average Bonchev–Trinajstić information content (AvgIpc) is 3.59. The van der Waals surface area contributed by atoms with Gasteiger partial charge in [0.2, 0.25) is 5.91 Å². The van der Waals surface area contributed by atoms with Gasteiger partial charge in [0, 0.05) is 76.7 Å². The molecule has 2 heterocycles. The lowest BCUT2D eigenvalue weighted by Gasteiger charge is -2.39. The number of benzene rings is 4.